The molecule has 1 aromatic carbocycles. The molecule has 0 spiro atoms. The molecule has 1 atom stereocenters. The summed E-state index contributed by atoms with van der Waals surface area (Å²) in [6.07, 6.45) is 0.861. The minimum atomic E-state index is -3.64. The van der Waals surface area contributed by atoms with Crippen LogP contribution in [0.4, 0.5) is 20.3 Å². The monoisotopic (exact) mass is 482 g/mol. The van der Waals surface area contributed by atoms with Crippen molar-refractivity contribution in [3.05, 3.63) is 36.0 Å². The minimum Gasteiger partial charge on any atom is -0.399 e. The molecular formula is C22H28F2N4O4S. The predicted molar refractivity (Wildman–Crippen MR) is 121 cm³/mol. The Balaban J connectivity index is 1.70. The zero-order valence-electron chi connectivity index (χ0n) is 18.4. The number of sulfone groups is 1. The van der Waals surface area contributed by atoms with Crippen molar-refractivity contribution in [2.24, 2.45) is 0 Å². The third kappa shape index (κ3) is 5.10. The molecule has 1 aliphatic carbocycles. The number of nitrogens with zero attached hydrogens (tertiary/aromatic N) is 3. The van der Waals surface area contributed by atoms with E-state index in [0.717, 1.165) is 5.56 Å². The van der Waals surface area contributed by atoms with E-state index in [-0.39, 0.29) is 24.8 Å². The lowest BCUT2D eigenvalue weighted by Crippen LogP contribution is -2.44. The standard InChI is InChI=1S/C22H28F2N4O4S/c1-15-14-31-11-9-28(15)19-13-18(26-20(27-19)16-3-5-17(25)6-4-16)22(7-8-22)33(29,30)12-2-10-32-21(23)24/h3-6,13,15,21H,2,7-12,14,25H2,1H3/t15-/m0/s1. The molecule has 180 valence electrons. The van der Waals surface area contributed by atoms with Crippen LogP contribution in [0.3, 0.4) is 0 Å². The van der Waals surface area contributed by atoms with E-state index in [9.17, 15) is 17.2 Å². The maximum atomic E-state index is 13.3. The van der Waals surface area contributed by atoms with E-state index < -0.39 is 21.2 Å². The van der Waals surface area contributed by atoms with Gasteiger partial charge in [0.05, 0.1) is 37.3 Å². The number of aromatic nitrogens is 2. The van der Waals surface area contributed by atoms with Gasteiger partial charge in [0.2, 0.25) is 0 Å². The van der Waals surface area contributed by atoms with Gasteiger partial charge in [-0.05, 0) is 50.5 Å². The lowest BCUT2D eigenvalue weighted by molar-refractivity contribution is -0.128. The van der Waals surface area contributed by atoms with Crippen LogP contribution in [0.25, 0.3) is 11.4 Å². The number of nitrogen functional groups attached to an aromatic ring is 1. The van der Waals surface area contributed by atoms with Crippen molar-refractivity contribution in [1.29, 1.82) is 0 Å². The molecule has 1 aliphatic heterocycles. The molecule has 2 aliphatic rings. The highest BCUT2D eigenvalue weighted by Gasteiger charge is 2.56. The Morgan fingerprint density at radius 2 is 2.00 bits per heavy atom. The second-order valence-electron chi connectivity index (χ2n) is 8.47. The number of halogens is 2. The fourth-order valence-electron chi connectivity index (χ4n) is 4.10. The highest BCUT2D eigenvalue weighted by atomic mass is 32.2. The van der Waals surface area contributed by atoms with E-state index in [2.05, 4.69) is 14.6 Å². The molecule has 33 heavy (non-hydrogen) atoms. The van der Waals surface area contributed by atoms with Crippen molar-refractivity contribution in [2.45, 2.75) is 43.6 Å². The highest BCUT2D eigenvalue weighted by Crippen LogP contribution is 2.53. The Morgan fingerprint density at radius 3 is 2.64 bits per heavy atom. The first-order chi connectivity index (χ1) is 15.7. The van der Waals surface area contributed by atoms with E-state index in [4.69, 9.17) is 15.5 Å². The lowest BCUT2D eigenvalue weighted by Gasteiger charge is -2.34. The van der Waals surface area contributed by atoms with Crippen molar-refractivity contribution in [3.8, 4) is 11.4 Å². The van der Waals surface area contributed by atoms with Crippen LogP contribution in [0.2, 0.25) is 0 Å². The molecule has 0 bridgehead atoms. The topological polar surface area (TPSA) is 108 Å². The summed E-state index contributed by atoms with van der Waals surface area (Å²) in [7, 11) is -3.64. The van der Waals surface area contributed by atoms with Crippen LogP contribution >= 0.6 is 0 Å². The second kappa shape index (κ2) is 9.47. The Hall–Kier alpha value is -2.37. The van der Waals surface area contributed by atoms with E-state index in [0.29, 0.717) is 55.6 Å². The Kier molecular flexibility index (Phi) is 6.83. The first kappa shape index (κ1) is 23.8. The molecule has 1 saturated heterocycles. The smallest absolute Gasteiger partial charge is 0.345 e. The predicted octanol–water partition coefficient (Wildman–Crippen LogP) is 2.98. The summed E-state index contributed by atoms with van der Waals surface area (Å²) < 4.78 is 59.6. The van der Waals surface area contributed by atoms with Gasteiger partial charge < -0.3 is 20.1 Å². The van der Waals surface area contributed by atoms with E-state index >= 15 is 0 Å². The third-order valence-electron chi connectivity index (χ3n) is 6.11. The third-order valence-corrected chi connectivity index (χ3v) is 8.75. The molecule has 0 amide bonds. The zero-order chi connectivity index (χ0) is 23.6. The Labute approximate surface area is 192 Å². The number of nitrogens with two attached hydrogens (primary N) is 1. The maximum absolute atomic E-state index is 13.3. The largest absolute Gasteiger partial charge is 0.399 e. The normalized spacial score (nSPS) is 20.2. The van der Waals surface area contributed by atoms with E-state index in [1.54, 1.807) is 30.3 Å². The van der Waals surface area contributed by atoms with Gasteiger partial charge >= 0.3 is 6.61 Å². The number of alkyl halides is 2. The minimum absolute atomic E-state index is 0.00230. The quantitative estimate of drug-likeness (QED) is 0.429. The molecule has 2 N–H and O–H groups in total. The van der Waals surface area contributed by atoms with Crippen molar-refractivity contribution < 1.29 is 26.7 Å². The summed E-state index contributed by atoms with van der Waals surface area (Å²) in [5, 5.41) is 0. The molecule has 2 heterocycles. The van der Waals surface area contributed by atoms with Gasteiger partial charge in [0, 0.05) is 23.9 Å². The van der Waals surface area contributed by atoms with Gasteiger partial charge in [-0.3, -0.25) is 0 Å². The summed E-state index contributed by atoms with van der Waals surface area (Å²) in [6.45, 7) is 0.521. The summed E-state index contributed by atoms with van der Waals surface area (Å²) >= 11 is 0. The highest BCUT2D eigenvalue weighted by molar-refractivity contribution is 7.92. The fraction of sp³-hybridized carbons (Fsp3) is 0.545. The average Bonchev–Trinajstić information content (AvgIpc) is 3.60. The van der Waals surface area contributed by atoms with Gasteiger partial charge in [-0.25, -0.2) is 18.4 Å². The van der Waals surface area contributed by atoms with Crippen LogP contribution in [0.1, 0.15) is 31.9 Å². The summed E-state index contributed by atoms with van der Waals surface area (Å²) in [5.41, 5.74) is 7.58. The molecule has 0 radical (unpaired) electrons. The summed E-state index contributed by atoms with van der Waals surface area (Å²) in [4.78, 5) is 11.5. The number of benzene rings is 1. The van der Waals surface area contributed by atoms with E-state index in [1.165, 1.54) is 0 Å². The number of anilines is 2. The van der Waals surface area contributed by atoms with Crippen LogP contribution < -0.4 is 10.6 Å². The molecule has 1 saturated carbocycles. The van der Waals surface area contributed by atoms with Gasteiger partial charge in [0.25, 0.3) is 0 Å². The molecule has 1 aromatic heterocycles. The van der Waals surface area contributed by atoms with Gasteiger partial charge in [0.1, 0.15) is 10.6 Å². The van der Waals surface area contributed by atoms with Gasteiger partial charge in [-0.15, -0.1) is 0 Å². The first-order valence-corrected chi connectivity index (χ1v) is 12.6. The lowest BCUT2D eigenvalue weighted by atomic mass is 10.1. The number of rotatable bonds is 9. The first-order valence-electron chi connectivity index (χ1n) is 10.9. The molecule has 11 heteroatoms. The number of hydrogen-bond acceptors (Lipinski definition) is 8. The Morgan fingerprint density at radius 1 is 1.27 bits per heavy atom. The van der Waals surface area contributed by atoms with Crippen LogP contribution in [0, 0.1) is 0 Å². The zero-order valence-corrected chi connectivity index (χ0v) is 19.2. The SMILES string of the molecule is C[C@H]1COCCN1c1cc(C2(S(=O)(=O)CCCOC(F)F)CC2)nc(-c2ccc(N)cc2)n1. The van der Waals surface area contributed by atoms with Crippen molar-refractivity contribution in [1.82, 2.24) is 9.97 Å². The van der Waals surface area contributed by atoms with Gasteiger partial charge in [-0.1, -0.05) is 0 Å². The fourth-order valence-corrected chi connectivity index (χ4v) is 6.14. The second-order valence-corrected chi connectivity index (χ2v) is 10.9. The number of ether oxygens (including phenoxy) is 2. The van der Waals surface area contributed by atoms with Crippen molar-refractivity contribution in [2.75, 3.05) is 42.8 Å². The summed E-state index contributed by atoms with van der Waals surface area (Å²) in [6, 6.07) is 8.92. The van der Waals surface area contributed by atoms with Crippen LogP contribution in [0.5, 0.6) is 0 Å². The van der Waals surface area contributed by atoms with E-state index in [1.807, 2.05) is 6.92 Å². The maximum Gasteiger partial charge on any atom is 0.345 e. The van der Waals surface area contributed by atoms with Crippen molar-refractivity contribution in [3.63, 3.8) is 0 Å². The molecule has 8 nitrogen and oxygen atoms in total. The molecule has 2 aromatic rings. The van der Waals surface area contributed by atoms with Gasteiger partial charge in [-0.2, -0.15) is 8.78 Å². The molecule has 2 fully saturated rings. The van der Waals surface area contributed by atoms with Crippen LogP contribution in [-0.2, 0) is 24.1 Å². The molecular weight excluding hydrogens is 454 g/mol. The van der Waals surface area contributed by atoms with Crippen LogP contribution in [-0.4, -0.2) is 63.2 Å². The van der Waals surface area contributed by atoms with Crippen LogP contribution in [0.15, 0.2) is 30.3 Å². The average molecular weight is 483 g/mol. The Bertz CT molecular complexity index is 1080. The number of hydrogen-bond donors (Lipinski definition) is 1. The van der Waals surface area contributed by atoms with Gasteiger partial charge in [0.15, 0.2) is 15.7 Å². The summed E-state index contributed by atoms with van der Waals surface area (Å²) in [5.74, 6) is 0.818. The molecule has 4 rings (SSSR count). The number of morpholine rings is 1. The van der Waals surface area contributed by atoms with Crippen molar-refractivity contribution >= 4 is 21.3 Å². The molecule has 0 unspecified atom stereocenters.